The molecule has 0 saturated carbocycles. The van der Waals surface area contributed by atoms with E-state index in [-0.39, 0.29) is 222 Å². The number of nitrogens with one attached hydrogen (secondary N) is 23. The highest BCUT2D eigenvalue weighted by atomic mass is 32.1. The minimum atomic E-state index is -1.62. The molecule has 0 aliphatic carbocycles. The number of benzene rings is 3. The minimum Gasteiger partial charge on any atom is -0.508 e. The number of carbonyl (C=O) groups excluding carboxylic acids is 14. The highest BCUT2D eigenvalue weighted by molar-refractivity contribution is 7.80. The molecule has 52 heteroatoms. The van der Waals surface area contributed by atoms with Crippen molar-refractivity contribution in [1.82, 2.24) is 100 Å². The second kappa shape index (κ2) is 63.0. The van der Waals surface area contributed by atoms with Crippen LogP contribution in [-0.2, 0) is 86.4 Å². The molecule has 5 rings (SSSR count). The number of phenolic OH excluding ortho intramolecular Hbond substituents is 2. The van der Waals surface area contributed by atoms with E-state index in [1.807, 2.05) is 0 Å². The number of phenols is 2. The molecule has 140 heavy (non-hydrogen) atoms. The Labute approximate surface area is 822 Å². The lowest BCUT2D eigenvalue weighted by Crippen LogP contribution is -2.61. The van der Waals surface area contributed by atoms with Gasteiger partial charge >= 0.3 is 0 Å². The first-order valence-electron chi connectivity index (χ1n) is 46.6. The van der Waals surface area contributed by atoms with Crippen molar-refractivity contribution in [2.24, 2.45) is 57.3 Å². The summed E-state index contributed by atoms with van der Waals surface area (Å²) in [6.45, 7) is 0.942. The molecule has 0 radical (unpaired) electrons. The van der Waals surface area contributed by atoms with E-state index < -0.39 is 185 Å². The van der Waals surface area contributed by atoms with Gasteiger partial charge in [-0.2, -0.15) is 25.3 Å². The molecule has 50 nitrogen and oxygen atoms in total. The van der Waals surface area contributed by atoms with Crippen LogP contribution < -0.4 is 148 Å². The molecule has 0 unspecified atom stereocenters. The number of hydrogen-bond acceptors (Lipinski definition) is 27. The van der Waals surface area contributed by atoms with Crippen molar-refractivity contribution in [2.45, 2.75) is 239 Å². The van der Waals surface area contributed by atoms with Crippen molar-refractivity contribution < 1.29 is 77.3 Å². The van der Waals surface area contributed by atoms with Gasteiger partial charge in [-0.05, 0) is 201 Å². The number of H-pyrrole nitrogens is 1. The molecule has 0 spiro atoms. The van der Waals surface area contributed by atoms with E-state index in [0.29, 0.717) is 53.3 Å². The van der Waals surface area contributed by atoms with Crippen LogP contribution in [0.1, 0.15) is 152 Å². The number of rotatable bonds is 66. The highest BCUT2D eigenvalue weighted by Crippen LogP contribution is 2.24. The molecule has 1 fully saturated rings. The molecule has 1 saturated heterocycles. The zero-order valence-corrected chi connectivity index (χ0v) is 80.4. The first-order chi connectivity index (χ1) is 66.8. The Kier molecular flexibility index (Phi) is 52.5. The molecule has 14 amide bonds. The van der Waals surface area contributed by atoms with Gasteiger partial charge in [0.05, 0.1) is 6.04 Å². The first kappa shape index (κ1) is 117. The van der Waals surface area contributed by atoms with E-state index in [2.05, 4.69) is 121 Å². The molecule has 2 heterocycles. The predicted octanol–water partition coefficient (Wildman–Crippen LogP) is -7.21. The fourth-order valence-corrected chi connectivity index (χ4v) is 15.7. The molecule has 1 aliphatic rings. The fraction of sp³-hybridized carbons (Fsp3) is 0.557. The Balaban J connectivity index is 1.45. The summed E-state index contributed by atoms with van der Waals surface area (Å²) in [6, 6.07) is -1.71. The lowest BCUT2D eigenvalue weighted by Gasteiger charge is -2.31. The largest absolute Gasteiger partial charge is 0.508 e. The van der Waals surface area contributed by atoms with Crippen LogP contribution in [0.3, 0.4) is 0 Å². The Hall–Kier alpha value is -13.7. The van der Waals surface area contributed by atoms with Crippen LogP contribution >= 0.6 is 25.3 Å². The predicted molar refractivity (Wildman–Crippen MR) is 533 cm³/mol. The second-order valence-corrected chi connectivity index (χ2v) is 34.6. The number of amides is 14. The zero-order chi connectivity index (χ0) is 103. The summed E-state index contributed by atoms with van der Waals surface area (Å²) in [7, 11) is 0. The summed E-state index contributed by atoms with van der Waals surface area (Å²) in [5.41, 5.74) is 59.2. The normalized spacial score (nSPS) is 14.9. The van der Waals surface area contributed by atoms with Gasteiger partial charge in [-0.15, -0.1) is 0 Å². The third-order valence-corrected chi connectivity index (χ3v) is 23.5. The van der Waals surface area contributed by atoms with E-state index in [1.165, 1.54) is 53.4 Å². The van der Waals surface area contributed by atoms with E-state index in [9.17, 15) is 48.6 Å². The van der Waals surface area contributed by atoms with Crippen molar-refractivity contribution in [3.8, 4) is 11.5 Å². The van der Waals surface area contributed by atoms with Gasteiger partial charge in [-0.3, -0.25) is 94.2 Å². The summed E-state index contributed by atoms with van der Waals surface area (Å²) in [4.78, 5) is 209. The average molecular weight is 2000 g/mol. The molecule has 0 bridgehead atoms. The number of hydrogen-bond donors (Lipinski definition) is 37. The average Bonchev–Trinajstić information content (AvgIpc) is 1.65. The molecule has 14 atom stereocenters. The van der Waals surface area contributed by atoms with Crippen molar-refractivity contribution in [1.29, 1.82) is 27.0 Å². The SMILES string of the molecule is N=C(N)NCCC[C@H](NC(=O)[C@H](CS)NC(=O)[C@H](CCCCN)NC(=O)[C@H](CCCNC(=N)N)NC(=O)[C@H](Cc1ccc(O)cc1)NC(=O)[C@@H]1CCCN1C(=O)[C@@H](CCCCN)NC(=O)[C@H](CCCCN)NC(=O)[C@H](CCCNC(=N)N)NC(=O)[C@H](Cc1ccc(O)cc1)NC(=O)[C@H](CS)NC(=O)[C@H](Cc1c[nH]c2ccccc12)NC(=O)[C@H](CCCNC(=N)N)NC(=O)[C@@H](N)CCCNC(=N)N)C(N)=O. The third-order valence-electron chi connectivity index (χ3n) is 22.8. The Morgan fingerprint density at radius 1 is 0.364 bits per heavy atom. The smallest absolute Gasteiger partial charge is 0.245 e. The van der Waals surface area contributed by atoms with Crippen molar-refractivity contribution in [2.75, 3.05) is 70.4 Å². The molecular formula is C88H144N34O16S2. The topological polar surface area (TPSA) is 882 Å². The number of carbonyl (C=O) groups is 14. The Morgan fingerprint density at radius 2 is 0.664 bits per heavy atom. The fourth-order valence-electron chi connectivity index (χ4n) is 15.2. The number of unbranched alkanes of at least 4 members (excludes halogenated alkanes) is 3. The molecule has 45 N–H and O–H groups in total. The number of nitrogens with zero attached hydrogens (tertiary/aromatic N) is 1. The third kappa shape index (κ3) is 42.7. The highest BCUT2D eigenvalue weighted by Gasteiger charge is 2.42. The van der Waals surface area contributed by atoms with Gasteiger partial charge < -0.3 is 168 Å². The van der Waals surface area contributed by atoms with Crippen molar-refractivity contribution >= 4 is 149 Å². The molecule has 3 aromatic carbocycles. The van der Waals surface area contributed by atoms with Gasteiger partial charge in [-0.25, -0.2) is 0 Å². The lowest BCUT2D eigenvalue weighted by molar-refractivity contribution is -0.142. The van der Waals surface area contributed by atoms with E-state index in [0.717, 1.165) is 0 Å². The maximum absolute atomic E-state index is 15.4. The van der Waals surface area contributed by atoms with Gasteiger partial charge in [0, 0.05) is 87.1 Å². The quantitative estimate of drug-likeness (QED) is 0.00845. The summed E-state index contributed by atoms with van der Waals surface area (Å²) in [5, 5.41) is 105. The van der Waals surface area contributed by atoms with Crippen LogP contribution in [0.25, 0.3) is 10.9 Å². The van der Waals surface area contributed by atoms with Gasteiger partial charge in [0.15, 0.2) is 29.8 Å². The van der Waals surface area contributed by atoms with Crippen LogP contribution in [0.4, 0.5) is 0 Å². The summed E-state index contributed by atoms with van der Waals surface area (Å²) in [5.74, 6) is -15.2. The summed E-state index contributed by atoms with van der Waals surface area (Å²) < 4.78 is 0. The molecular weight excluding hydrogens is 1850 g/mol. The van der Waals surface area contributed by atoms with Crippen LogP contribution in [-0.4, -0.2) is 288 Å². The summed E-state index contributed by atoms with van der Waals surface area (Å²) in [6.07, 6.45) is 3.19. The monoisotopic (exact) mass is 2000 g/mol. The first-order valence-corrected chi connectivity index (χ1v) is 47.9. The Morgan fingerprint density at radius 3 is 1.04 bits per heavy atom. The van der Waals surface area contributed by atoms with Crippen LogP contribution in [0.5, 0.6) is 11.5 Å². The van der Waals surface area contributed by atoms with Crippen LogP contribution in [0, 0.1) is 27.0 Å². The number of primary amides is 1. The number of aromatic amines is 1. The number of guanidine groups is 5. The minimum absolute atomic E-state index is 0.0167. The number of aromatic nitrogens is 1. The molecule has 1 aromatic heterocycles. The second-order valence-electron chi connectivity index (χ2n) is 33.9. The summed E-state index contributed by atoms with van der Waals surface area (Å²) >= 11 is 8.74. The standard InChI is InChI=1S/C88H144N34O16S2/c89-34-6-3-18-58(112-72(127)61(23-12-40-107-87(100)101)114-77(132)64(43-49-26-30-52(123)31-27-49)117-81(136)68(48-140)121-79(134)66(45-51-46-109-56-17-2-1-15-54(51)56)118-75(130)60(22-11-39-106-86(98)99)111-71(126)55(92)16-9-37-104-84(94)95)74(129)116-63(20-5-8-36-91)83(138)122-42-14-25-69(122)82(137)119-65(44-50-28-32-53(124)33-29-50)78(133)115-62(24-13-41-108-88(102)103)73(128)113-59(19-4-7-35-90)76(131)120-67(47-139)80(135)110-57(70(93)125)21-10-38-105-85(96)97/h1-2,15,17,26-33,46,55,57-69,109,123-124,139-140H,3-14,16,18-25,34-45,47-48,89-92H2,(H2,93,125)(H,110,135)(H,111,126)(H,112,127)(H,113,128)(H,114,132)(H,115,133)(H,116,129)(H,117,136)(H,118,130)(H,119,137)(H,120,131)(H,121,134)(H4,94,95,104)(H4,96,97,105)(H4,98,99,106)(H4,100,101,107)(H4,102,103,108)/t55-,57-,58-,59-,60-,61-,62-,63+,64-,65-,66-,67-,68-,69-/m0/s1. The van der Waals surface area contributed by atoms with Crippen LogP contribution in [0.15, 0.2) is 79.0 Å². The number of para-hydroxylation sites is 1. The van der Waals surface area contributed by atoms with Gasteiger partial charge in [0.2, 0.25) is 82.7 Å². The molecule has 1 aliphatic heterocycles. The number of nitrogens with two attached hydrogens (primary N) is 10. The Bertz CT molecular complexity index is 4770. The van der Waals surface area contributed by atoms with E-state index in [4.69, 9.17) is 84.4 Å². The van der Waals surface area contributed by atoms with Gasteiger partial charge in [0.25, 0.3) is 0 Å². The van der Waals surface area contributed by atoms with Gasteiger partial charge in [-0.1, -0.05) is 42.5 Å². The van der Waals surface area contributed by atoms with E-state index in [1.54, 1.807) is 30.5 Å². The molecule has 4 aromatic rings. The van der Waals surface area contributed by atoms with Crippen molar-refractivity contribution in [3.63, 3.8) is 0 Å². The van der Waals surface area contributed by atoms with E-state index >= 15 is 28.8 Å². The number of likely N-dealkylation sites (tertiary alicyclic amines) is 1. The lowest BCUT2D eigenvalue weighted by atomic mass is 10.0. The number of aromatic hydroxyl groups is 2. The number of fused-ring (bicyclic) bond motifs is 1. The zero-order valence-electron chi connectivity index (χ0n) is 78.6. The maximum Gasteiger partial charge on any atom is 0.245 e. The van der Waals surface area contributed by atoms with Crippen molar-refractivity contribution in [3.05, 3.63) is 95.7 Å². The maximum atomic E-state index is 15.4. The van der Waals surface area contributed by atoms with Gasteiger partial charge in [0.1, 0.15) is 90.0 Å². The molecule has 774 valence electrons. The number of thiol groups is 2. The van der Waals surface area contributed by atoms with Crippen LogP contribution in [0.2, 0.25) is 0 Å².